The van der Waals surface area contributed by atoms with Crippen molar-refractivity contribution in [1.29, 1.82) is 0 Å². The first-order chi connectivity index (χ1) is 20.0. The van der Waals surface area contributed by atoms with E-state index in [2.05, 4.69) is 5.32 Å². The van der Waals surface area contributed by atoms with Crippen molar-refractivity contribution in [3.63, 3.8) is 0 Å². The van der Waals surface area contributed by atoms with Crippen LogP contribution in [0.4, 0.5) is 10.1 Å². The second-order valence-corrected chi connectivity index (χ2v) is 12.6. The monoisotopic (exact) mass is 589 g/mol. The van der Waals surface area contributed by atoms with Crippen LogP contribution in [0.15, 0.2) is 97.1 Å². The van der Waals surface area contributed by atoms with Gasteiger partial charge in [-0.15, -0.1) is 0 Å². The van der Waals surface area contributed by atoms with Gasteiger partial charge >= 0.3 is 0 Å². The van der Waals surface area contributed by atoms with Gasteiger partial charge in [0.05, 0.1) is 11.9 Å². The fourth-order valence-corrected chi connectivity index (χ4v) is 5.67. The minimum Gasteiger partial charge on any atom is -0.354 e. The van der Waals surface area contributed by atoms with Gasteiger partial charge in [-0.3, -0.25) is 13.9 Å². The molecule has 0 saturated carbocycles. The molecule has 0 aliphatic heterocycles. The molecule has 0 heterocycles. The summed E-state index contributed by atoms with van der Waals surface area (Å²) < 4.78 is 42.2. The van der Waals surface area contributed by atoms with Gasteiger partial charge < -0.3 is 10.2 Å². The lowest BCUT2D eigenvalue weighted by Gasteiger charge is -2.34. The maximum absolute atomic E-state index is 14.9. The van der Waals surface area contributed by atoms with Gasteiger partial charge in [0.15, 0.2) is 0 Å². The number of carbonyl (C=O) groups excluding carboxylic acids is 2. The van der Waals surface area contributed by atoms with E-state index in [1.54, 1.807) is 42.5 Å². The zero-order valence-corrected chi connectivity index (χ0v) is 24.9. The van der Waals surface area contributed by atoms with E-state index in [0.29, 0.717) is 17.6 Å². The van der Waals surface area contributed by atoms with Crippen molar-refractivity contribution in [3.05, 3.63) is 114 Å². The number of sulfonamides is 1. The molecule has 1 N–H and O–H groups in total. The van der Waals surface area contributed by atoms with E-state index in [1.165, 1.54) is 11.0 Å². The van der Waals surface area contributed by atoms with E-state index in [4.69, 9.17) is 0 Å². The van der Waals surface area contributed by atoms with E-state index in [1.807, 2.05) is 62.4 Å². The van der Waals surface area contributed by atoms with Crippen LogP contribution in [0.1, 0.15) is 25.0 Å². The number of hydrogen-bond acceptors (Lipinski definition) is 4. The van der Waals surface area contributed by atoms with Crippen molar-refractivity contribution >= 4 is 38.3 Å². The topological polar surface area (TPSA) is 86.8 Å². The number of carbonyl (C=O) groups is 2. The molecule has 2 amide bonds. The van der Waals surface area contributed by atoms with Crippen LogP contribution >= 0.6 is 0 Å². The molecule has 220 valence electrons. The van der Waals surface area contributed by atoms with Crippen LogP contribution in [0.25, 0.3) is 10.8 Å². The molecule has 0 radical (unpaired) electrons. The molecule has 0 aliphatic carbocycles. The molecule has 7 nitrogen and oxygen atoms in total. The number of halogens is 1. The number of benzene rings is 4. The van der Waals surface area contributed by atoms with E-state index in [0.717, 1.165) is 21.5 Å². The van der Waals surface area contributed by atoms with Crippen molar-refractivity contribution < 1.29 is 22.4 Å². The van der Waals surface area contributed by atoms with Crippen molar-refractivity contribution in [2.24, 2.45) is 5.92 Å². The minimum atomic E-state index is -3.93. The Hall–Kier alpha value is -4.24. The summed E-state index contributed by atoms with van der Waals surface area (Å²) in [6, 6.07) is 26.8. The van der Waals surface area contributed by atoms with Gasteiger partial charge in [-0.2, -0.15) is 0 Å². The molecule has 1 atom stereocenters. The average Bonchev–Trinajstić information content (AvgIpc) is 2.97. The predicted octanol–water partition coefficient (Wildman–Crippen LogP) is 5.16. The highest BCUT2D eigenvalue weighted by molar-refractivity contribution is 7.92. The molecular formula is C33H36FN3O4S. The fraction of sp³-hybridized carbons (Fsp3) is 0.273. The van der Waals surface area contributed by atoms with E-state index < -0.39 is 40.2 Å². The summed E-state index contributed by atoms with van der Waals surface area (Å²) in [5, 5.41) is 4.39. The molecule has 0 aliphatic rings. The van der Waals surface area contributed by atoms with Gasteiger partial charge in [0.25, 0.3) is 0 Å². The van der Waals surface area contributed by atoms with Gasteiger partial charge in [-0.05, 0) is 29.0 Å². The second kappa shape index (κ2) is 13.6. The Kier molecular flexibility index (Phi) is 9.96. The van der Waals surface area contributed by atoms with Crippen molar-refractivity contribution in [2.75, 3.05) is 23.7 Å². The molecular weight excluding hydrogens is 553 g/mol. The third-order valence-corrected chi connectivity index (χ3v) is 8.10. The van der Waals surface area contributed by atoms with Crippen LogP contribution in [0.2, 0.25) is 0 Å². The maximum atomic E-state index is 14.9. The van der Waals surface area contributed by atoms with Crippen LogP contribution in [0.3, 0.4) is 0 Å². The van der Waals surface area contributed by atoms with Crippen LogP contribution in [-0.4, -0.2) is 50.5 Å². The van der Waals surface area contributed by atoms with Gasteiger partial charge in [-0.25, -0.2) is 12.8 Å². The normalized spacial score (nSPS) is 12.2. The lowest BCUT2D eigenvalue weighted by Crippen LogP contribution is -2.53. The fourth-order valence-electron chi connectivity index (χ4n) is 4.81. The number of hydrogen-bond donors (Lipinski definition) is 1. The van der Waals surface area contributed by atoms with E-state index in [-0.39, 0.29) is 24.4 Å². The lowest BCUT2D eigenvalue weighted by atomic mass is 10.0. The van der Waals surface area contributed by atoms with Crippen molar-refractivity contribution in [2.45, 2.75) is 32.9 Å². The molecule has 4 rings (SSSR count). The smallest absolute Gasteiger partial charge is 0.244 e. The van der Waals surface area contributed by atoms with E-state index in [9.17, 15) is 22.4 Å². The van der Waals surface area contributed by atoms with Gasteiger partial charge in [0, 0.05) is 30.5 Å². The predicted molar refractivity (Wildman–Crippen MR) is 165 cm³/mol. The Morgan fingerprint density at radius 2 is 1.50 bits per heavy atom. The van der Waals surface area contributed by atoms with E-state index >= 15 is 0 Å². The number of amides is 2. The number of nitrogens with zero attached hydrogens (tertiary/aromatic N) is 2. The van der Waals surface area contributed by atoms with Crippen LogP contribution < -0.4 is 9.62 Å². The molecule has 0 unspecified atom stereocenters. The first-order valence-electron chi connectivity index (χ1n) is 13.8. The lowest BCUT2D eigenvalue weighted by molar-refractivity contribution is -0.140. The van der Waals surface area contributed by atoms with Gasteiger partial charge in [-0.1, -0.05) is 98.8 Å². The number of rotatable bonds is 12. The number of anilines is 1. The Bertz CT molecular complexity index is 1640. The summed E-state index contributed by atoms with van der Waals surface area (Å²) in [4.78, 5) is 29.2. The average molecular weight is 590 g/mol. The standard InChI is InChI=1S/C33H36FN3O4S/c1-24(2)21-35-33(39)31(20-25-12-5-4-6-13-25)36(22-27-15-8-10-18-29(27)34)32(38)23-37(42(3,40)41)30-19-11-16-26-14-7-9-17-28(26)30/h4-19,24,31H,20-23H2,1-3H3,(H,35,39)/t31-/m1/s1. The highest BCUT2D eigenvalue weighted by Crippen LogP contribution is 2.29. The summed E-state index contributed by atoms with van der Waals surface area (Å²) in [6.45, 7) is 3.53. The Labute approximate surface area is 247 Å². The third-order valence-electron chi connectivity index (χ3n) is 6.97. The van der Waals surface area contributed by atoms with Crippen molar-refractivity contribution in [1.82, 2.24) is 10.2 Å². The Morgan fingerprint density at radius 1 is 0.857 bits per heavy atom. The zero-order chi connectivity index (χ0) is 30.3. The first-order valence-corrected chi connectivity index (χ1v) is 15.7. The molecule has 4 aromatic carbocycles. The highest BCUT2D eigenvalue weighted by Gasteiger charge is 2.33. The summed E-state index contributed by atoms with van der Waals surface area (Å²) in [5.41, 5.74) is 1.37. The number of nitrogens with one attached hydrogen (secondary N) is 1. The number of fused-ring (bicyclic) bond motifs is 1. The Morgan fingerprint density at radius 3 is 2.19 bits per heavy atom. The van der Waals surface area contributed by atoms with Gasteiger partial charge in [0.2, 0.25) is 21.8 Å². The molecule has 0 fully saturated rings. The zero-order valence-electron chi connectivity index (χ0n) is 24.0. The van der Waals surface area contributed by atoms with Crippen LogP contribution in [0, 0.1) is 11.7 Å². The highest BCUT2D eigenvalue weighted by atomic mass is 32.2. The van der Waals surface area contributed by atoms with Crippen molar-refractivity contribution in [3.8, 4) is 0 Å². The summed E-state index contributed by atoms with van der Waals surface area (Å²) in [6.07, 6.45) is 1.21. The minimum absolute atomic E-state index is 0.161. The first kappa shape index (κ1) is 30.7. The third kappa shape index (κ3) is 7.73. The van der Waals surface area contributed by atoms with Crippen LogP contribution in [-0.2, 0) is 32.6 Å². The molecule has 9 heteroatoms. The molecule has 0 spiro atoms. The summed E-state index contributed by atoms with van der Waals surface area (Å²) in [7, 11) is -3.93. The van der Waals surface area contributed by atoms with Gasteiger partial charge in [0.1, 0.15) is 18.4 Å². The van der Waals surface area contributed by atoms with Crippen LogP contribution in [0.5, 0.6) is 0 Å². The quantitative estimate of drug-likeness (QED) is 0.248. The maximum Gasteiger partial charge on any atom is 0.244 e. The summed E-state index contributed by atoms with van der Waals surface area (Å²) >= 11 is 0. The second-order valence-electron chi connectivity index (χ2n) is 10.7. The molecule has 0 aromatic heterocycles. The molecule has 0 saturated heterocycles. The molecule has 42 heavy (non-hydrogen) atoms. The molecule has 0 bridgehead atoms. The summed E-state index contributed by atoms with van der Waals surface area (Å²) in [5.74, 6) is -1.38. The SMILES string of the molecule is CC(C)CNC(=O)[C@@H](Cc1ccccc1)N(Cc1ccccc1F)C(=O)CN(c1cccc2ccccc12)S(C)(=O)=O. The molecule has 4 aromatic rings. The largest absolute Gasteiger partial charge is 0.354 e. The Balaban J connectivity index is 1.78.